The predicted molar refractivity (Wildman–Crippen MR) is 81.6 cm³/mol. The quantitative estimate of drug-likeness (QED) is 0.887. The molecule has 21 heavy (non-hydrogen) atoms. The van der Waals surface area contributed by atoms with Gasteiger partial charge in [0.15, 0.2) is 5.13 Å². The van der Waals surface area contributed by atoms with E-state index in [1.54, 1.807) is 0 Å². The smallest absolute Gasteiger partial charge is 0.306 e. The van der Waals surface area contributed by atoms with Crippen molar-refractivity contribution in [2.75, 3.05) is 18.4 Å². The fourth-order valence-electron chi connectivity index (χ4n) is 2.44. The van der Waals surface area contributed by atoms with E-state index >= 15 is 0 Å². The highest BCUT2D eigenvalue weighted by atomic mass is 32.1. The van der Waals surface area contributed by atoms with Crippen molar-refractivity contribution < 1.29 is 14.7 Å². The molecule has 1 amide bonds. The predicted octanol–water partition coefficient (Wildman–Crippen LogP) is 1.88. The maximum absolute atomic E-state index is 12.2. The minimum atomic E-state index is -0.736. The van der Waals surface area contributed by atoms with Gasteiger partial charge in [-0.05, 0) is 46.7 Å². The molecule has 1 fully saturated rings. The Labute approximate surface area is 128 Å². The summed E-state index contributed by atoms with van der Waals surface area (Å²) in [4.78, 5) is 30.6. The van der Waals surface area contributed by atoms with E-state index in [4.69, 9.17) is 5.11 Å². The molecule has 1 aliphatic rings. The Morgan fingerprint density at radius 1 is 1.38 bits per heavy atom. The van der Waals surface area contributed by atoms with Crippen LogP contribution in [0.3, 0.4) is 0 Å². The van der Waals surface area contributed by atoms with E-state index in [9.17, 15) is 9.59 Å². The van der Waals surface area contributed by atoms with Gasteiger partial charge in [0.25, 0.3) is 0 Å². The fraction of sp³-hybridized carbons (Fsp3) is 0.643. The molecule has 0 spiro atoms. The Bertz CT molecular complexity index is 516. The summed E-state index contributed by atoms with van der Waals surface area (Å²) in [6.07, 6.45) is 1.20. The van der Waals surface area contributed by atoms with Crippen molar-refractivity contribution in [2.45, 2.75) is 39.7 Å². The molecule has 1 unspecified atom stereocenters. The first kappa shape index (κ1) is 15.9. The molecule has 0 aromatic carbocycles. The number of carbonyl (C=O) groups is 2. The lowest BCUT2D eigenvalue weighted by atomic mass is 9.96. The van der Waals surface area contributed by atoms with E-state index in [1.807, 2.05) is 25.7 Å². The maximum Gasteiger partial charge on any atom is 0.306 e. The van der Waals surface area contributed by atoms with Crippen LogP contribution in [0.1, 0.15) is 30.3 Å². The average molecular weight is 311 g/mol. The summed E-state index contributed by atoms with van der Waals surface area (Å²) in [5.74, 6) is -1.10. The molecule has 6 nitrogen and oxygen atoms in total. The number of nitrogens with zero attached hydrogens (tertiary/aromatic N) is 2. The summed E-state index contributed by atoms with van der Waals surface area (Å²) in [6.45, 7) is 7.02. The van der Waals surface area contributed by atoms with Crippen molar-refractivity contribution in [2.24, 2.45) is 5.92 Å². The molecule has 0 bridgehead atoms. The number of aliphatic carboxylic acids is 1. The van der Waals surface area contributed by atoms with Crippen LogP contribution in [0, 0.1) is 19.8 Å². The average Bonchev–Trinajstić information content (AvgIpc) is 2.76. The molecule has 0 radical (unpaired) electrons. The van der Waals surface area contributed by atoms with Crippen LogP contribution in [-0.2, 0) is 9.59 Å². The lowest BCUT2D eigenvalue weighted by molar-refractivity contribution is -0.143. The largest absolute Gasteiger partial charge is 0.481 e. The summed E-state index contributed by atoms with van der Waals surface area (Å²) < 4.78 is 0. The number of carbonyl (C=O) groups excluding carboxylic acids is 1. The lowest BCUT2D eigenvalue weighted by Crippen LogP contribution is -2.46. The van der Waals surface area contributed by atoms with Gasteiger partial charge in [-0.3, -0.25) is 14.5 Å². The third kappa shape index (κ3) is 3.79. The van der Waals surface area contributed by atoms with Crippen LogP contribution in [-0.4, -0.2) is 46.0 Å². The first-order valence-corrected chi connectivity index (χ1v) is 7.92. The normalized spacial score (nSPS) is 18.4. The van der Waals surface area contributed by atoms with E-state index in [0.29, 0.717) is 31.1 Å². The zero-order valence-corrected chi connectivity index (χ0v) is 13.4. The molecule has 1 aromatic rings. The molecule has 2 heterocycles. The van der Waals surface area contributed by atoms with Crippen LogP contribution in [0.4, 0.5) is 5.13 Å². The van der Waals surface area contributed by atoms with Crippen LogP contribution in [0.2, 0.25) is 0 Å². The number of aryl methyl sites for hydroxylation is 2. The van der Waals surface area contributed by atoms with Gasteiger partial charge in [-0.1, -0.05) is 0 Å². The Kier molecular flexibility index (Phi) is 4.95. The van der Waals surface area contributed by atoms with E-state index < -0.39 is 5.97 Å². The summed E-state index contributed by atoms with van der Waals surface area (Å²) in [7, 11) is 0. The van der Waals surface area contributed by atoms with E-state index in [2.05, 4.69) is 10.3 Å². The summed E-state index contributed by atoms with van der Waals surface area (Å²) in [5, 5.41) is 12.5. The van der Waals surface area contributed by atoms with Gasteiger partial charge in [-0.2, -0.15) is 0 Å². The number of hydrogen-bond donors (Lipinski definition) is 2. The molecule has 0 aliphatic carbocycles. The van der Waals surface area contributed by atoms with Crippen LogP contribution in [0.25, 0.3) is 0 Å². The van der Waals surface area contributed by atoms with E-state index in [-0.39, 0.29) is 17.9 Å². The van der Waals surface area contributed by atoms with Gasteiger partial charge in [0, 0.05) is 4.88 Å². The Hall–Kier alpha value is -1.47. The molecular formula is C14H21N3O3S. The van der Waals surface area contributed by atoms with Crippen molar-refractivity contribution >= 4 is 28.3 Å². The number of aromatic nitrogens is 1. The minimum Gasteiger partial charge on any atom is -0.481 e. The third-order valence-corrected chi connectivity index (χ3v) is 5.05. The second-order valence-electron chi connectivity index (χ2n) is 5.47. The zero-order chi connectivity index (χ0) is 15.6. The van der Waals surface area contributed by atoms with Crippen LogP contribution >= 0.6 is 11.3 Å². The van der Waals surface area contributed by atoms with Gasteiger partial charge in [0.2, 0.25) is 5.91 Å². The van der Waals surface area contributed by atoms with Gasteiger partial charge >= 0.3 is 5.97 Å². The third-order valence-electron chi connectivity index (χ3n) is 4.06. The molecule has 1 atom stereocenters. The number of carboxylic acids is 1. The van der Waals surface area contributed by atoms with Crippen molar-refractivity contribution in [1.82, 2.24) is 9.88 Å². The second-order valence-corrected chi connectivity index (χ2v) is 6.68. The Morgan fingerprint density at radius 3 is 2.48 bits per heavy atom. The lowest BCUT2D eigenvalue weighted by Gasteiger charge is -2.33. The van der Waals surface area contributed by atoms with Crippen molar-refractivity contribution in [3.8, 4) is 0 Å². The highest BCUT2D eigenvalue weighted by Crippen LogP contribution is 2.23. The first-order valence-electron chi connectivity index (χ1n) is 7.10. The topological polar surface area (TPSA) is 82.5 Å². The Balaban J connectivity index is 1.89. The summed E-state index contributed by atoms with van der Waals surface area (Å²) in [5.41, 5.74) is 0.935. The molecule has 7 heteroatoms. The van der Waals surface area contributed by atoms with Gasteiger partial charge in [-0.25, -0.2) is 4.98 Å². The van der Waals surface area contributed by atoms with E-state index in [1.165, 1.54) is 11.3 Å². The molecule has 0 saturated carbocycles. The SMILES string of the molecule is Cc1nc(NC(=O)C(C)N2CCC(C(=O)O)CC2)sc1C. The highest BCUT2D eigenvalue weighted by molar-refractivity contribution is 7.15. The fourth-order valence-corrected chi connectivity index (χ4v) is 3.25. The molecule has 1 saturated heterocycles. The highest BCUT2D eigenvalue weighted by Gasteiger charge is 2.29. The summed E-state index contributed by atoms with van der Waals surface area (Å²) >= 11 is 1.47. The number of likely N-dealkylation sites (tertiary alicyclic amines) is 1. The van der Waals surface area contributed by atoms with Crippen molar-refractivity contribution in [3.05, 3.63) is 10.6 Å². The maximum atomic E-state index is 12.2. The standard InChI is InChI=1S/C14H21N3O3S/c1-8-10(3)21-14(15-8)16-12(18)9(2)17-6-4-11(5-7-17)13(19)20/h9,11H,4-7H2,1-3H3,(H,19,20)(H,15,16,18). The molecule has 1 aliphatic heterocycles. The number of carboxylic acid groups (broad SMARTS) is 1. The molecular weight excluding hydrogens is 290 g/mol. The van der Waals surface area contributed by atoms with E-state index in [0.717, 1.165) is 10.6 Å². The van der Waals surface area contributed by atoms with Crippen LogP contribution < -0.4 is 5.32 Å². The number of piperidine rings is 1. The minimum absolute atomic E-state index is 0.0856. The van der Waals surface area contributed by atoms with Gasteiger partial charge in [-0.15, -0.1) is 11.3 Å². The van der Waals surface area contributed by atoms with Gasteiger partial charge < -0.3 is 10.4 Å². The number of hydrogen-bond acceptors (Lipinski definition) is 5. The van der Waals surface area contributed by atoms with Crippen LogP contribution in [0.15, 0.2) is 0 Å². The number of rotatable bonds is 4. The molecule has 116 valence electrons. The number of amides is 1. The number of thiazole rings is 1. The summed E-state index contributed by atoms with van der Waals surface area (Å²) in [6, 6.07) is -0.274. The van der Waals surface area contributed by atoms with Crippen LogP contribution in [0.5, 0.6) is 0 Å². The number of anilines is 1. The zero-order valence-electron chi connectivity index (χ0n) is 12.5. The first-order chi connectivity index (χ1) is 9.88. The van der Waals surface area contributed by atoms with Crippen molar-refractivity contribution in [1.29, 1.82) is 0 Å². The van der Waals surface area contributed by atoms with Gasteiger partial charge in [0.1, 0.15) is 0 Å². The molecule has 2 N–H and O–H groups in total. The number of nitrogens with one attached hydrogen (secondary N) is 1. The molecule has 2 rings (SSSR count). The second kappa shape index (κ2) is 6.53. The van der Waals surface area contributed by atoms with Crippen molar-refractivity contribution in [3.63, 3.8) is 0 Å². The Morgan fingerprint density at radius 2 is 2.00 bits per heavy atom. The van der Waals surface area contributed by atoms with Gasteiger partial charge in [0.05, 0.1) is 17.7 Å². The molecule has 1 aromatic heterocycles. The monoisotopic (exact) mass is 311 g/mol.